The van der Waals surface area contributed by atoms with Gasteiger partial charge in [0, 0.05) is 0 Å². The van der Waals surface area contributed by atoms with E-state index in [-0.39, 0.29) is 11.9 Å². The van der Waals surface area contributed by atoms with Crippen molar-refractivity contribution >= 4 is 33.5 Å². The summed E-state index contributed by atoms with van der Waals surface area (Å²) >= 11 is 0. The zero-order valence-electron chi connectivity index (χ0n) is 14.8. The van der Waals surface area contributed by atoms with Crippen LogP contribution in [0.1, 0.15) is 35.5 Å². The number of carbonyl (C=O) groups excluding carboxylic acids is 2. The van der Waals surface area contributed by atoms with E-state index in [0.717, 1.165) is 11.1 Å². The van der Waals surface area contributed by atoms with Crippen LogP contribution >= 0.6 is 21.6 Å². The molecule has 2 atom stereocenters. The molecule has 0 aliphatic rings. The number of hydrogen-bond acceptors (Lipinski definition) is 6. The SMILES string of the molecule is CCOC(=O)C(SSC(C(=O)OCC)c1ccccc1)c1ccccc1. The Balaban J connectivity index is 2.19. The molecule has 138 valence electrons. The molecular formula is C20H22O4S2. The highest BCUT2D eigenvalue weighted by atomic mass is 33.1. The zero-order valence-corrected chi connectivity index (χ0v) is 16.4. The van der Waals surface area contributed by atoms with Gasteiger partial charge in [-0.3, -0.25) is 9.59 Å². The van der Waals surface area contributed by atoms with Gasteiger partial charge in [0.25, 0.3) is 0 Å². The molecule has 0 saturated carbocycles. The van der Waals surface area contributed by atoms with E-state index in [1.165, 1.54) is 21.6 Å². The van der Waals surface area contributed by atoms with Crippen LogP contribution in [-0.2, 0) is 19.1 Å². The highest BCUT2D eigenvalue weighted by Gasteiger charge is 2.29. The molecule has 26 heavy (non-hydrogen) atoms. The summed E-state index contributed by atoms with van der Waals surface area (Å²) in [5.41, 5.74) is 1.69. The molecule has 2 unspecified atom stereocenters. The number of esters is 2. The van der Waals surface area contributed by atoms with Crippen LogP contribution in [0.4, 0.5) is 0 Å². The molecule has 0 saturated heterocycles. The van der Waals surface area contributed by atoms with E-state index in [2.05, 4.69) is 0 Å². The summed E-state index contributed by atoms with van der Waals surface area (Å²) in [4.78, 5) is 24.8. The van der Waals surface area contributed by atoms with Crippen molar-refractivity contribution in [2.45, 2.75) is 24.3 Å². The van der Waals surface area contributed by atoms with Crippen LogP contribution in [0.3, 0.4) is 0 Å². The number of carbonyl (C=O) groups is 2. The molecule has 6 heteroatoms. The third-order valence-electron chi connectivity index (χ3n) is 3.45. The number of benzene rings is 2. The Hall–Kier alpha value is -1.92. The molecule has 0 radical (unpaired) electrons. The lowest BCUT2D eigenvalue weighted by Gasteiger charge is -2.19. The van der Waals surface area contributed by atoms with E-state index in [0.29, 0.717) is 13.2 Å². The summed E-state index contributed by atoms with van der Waals surface area (Å²) in [5.74, 6) is -0.626. The Kier molecular flexibility index (Phi) is 8.58. The lowest BCUT2D eigenvalue weighted by atomic mass is 10.1. The maximum absolute atomic E-state index is 12.4. The van der Waals surface area contributed by atoms with Gasteiger partial charge in [-0.2, -0.15) is 0 Å². The second kappa shape index (κ2) is 10.9. The van der Waals surface area contributed by atoms with Gasteiger partial charge in [-0.05, 0) is 25.0 Å². The third-order valence-corrected chi connectivity index (χ3v) is 6.37. The van der Waals surface area contributed by atoms with E-state index < -0.39 is 10.5 Å². The molecule has 0 bridgehead atoms. The molecule has 0 aliphatic heterocycles. The number of ether oxygens (including phenoxy) is 2. The molecule has 2 rings (SSSR count). The summed E-state index contributed by atoms with van der Waals surface area (Å²) in [6, 6.07) is 18.9. The van der Waals surface area contributed by atoms with Gasteiger partial charge in [0.05, 0.1) is 13.2 Å². The predicted octanol–water partition coefficient (Wildman–Crippen LogP) is 4.98. The van der Waals surface area contributed by atoms with Crippen LogP contribution in [0.2, 0.25) is 0 Å². The molecule has 2 aromatic rings. The molecule has 0 spiro atoms. The molecule has 0 heterocycles. The van der Waals surface area contributed by atoms with Gasteiger partial charge in [0.15, 0.2) is 0 Å². The van der Waals surface area contributed by atoms with Crippen molar-refractivity contribution < 1.29 is 19.1 Å². The Morgan fingerprint density at radius 1 is 0.731 bits per heavy atom. The van der Waals surface area contributed by atoms with E-state index in [1.54, 1.807) is 13.8 Å². The largest absolute Gasteiger partial charge is 0.465 e. The van der Waals surface area contributed by atoms with Gasteiger partial charge in [-0.1, -0.05) is 82.3 Å². The van der Waals surface area contributed by atoms with E-state index in [1.807, 2.05) is 60.7 Å². The lowest BCUT2D eigenvalue weighted by Crippen LogP contribution is -2.15. The highest BCUT2D eigenvalue weighted by molar-refractivity contribution is 8.77. The van der Waals surface area contributed by atoms with Gasteiger partial charge in [0.1, 0.15) is 10.5 Å². The number of hydrogen-bond donors (Lipinski definition) is 0. The summed E-state index contributed by atoms with van der Waals surface area (Å²) in [6.07, 6.45) is 0. The van der Waals surface area contributed by atoms with E-state index in [9.17, 15) is 9.59 Å². The fourth-order valence-corrected chi connectivity index (χ4v) is 5.12. The quantitative estimate of drug-likeness (QED) is 0.445. The van der Waals surface area contributed by atoms with Crippen LogP contribution in [0.5, 0.6) is 0 Å². The molecule has 0 N–H and O–H groups in total. The molecule has 2 aromatic carbocycles. The minimum absolute atomic E-state index is 0.313. The maximum Gasteiger partial charge on any atom is 0.324 e. The average Bonchev–Trinajstić information content (AvgIpc) is 2.67. The first-order valence-electron chi connectivity index (χ1n) is 8.42. The highest BCUT2D eigenvalue weighted by Crippen LogP contribution is 2.47. The fourth-order valence-electron chi connectivity index (χ4n) is 2.26. The van der Waals surface area contributed by atoms with Crippen LogP contribution < -0.4 is 0 Å². The molecule has 0 aliphatic carbocycles. The standard InChI is InChI=1S/C20H22O4S2/c1-3-23-19(21)17(15-11-7-5-8-12-15)25-26-18(20(22)24-4-2)16-13-9-6-10-14-16/h5-14,17-18H,3-4H2,1-2H3. The minimum atomic E-state index is -0.512. The lowest BCUT2D eigenvalue weighted by molar-refractivity contribution is -0.143. The van der Waals surface area contributed by atoms with E-state index >= 15 is 0 Å². The van der Waals surface area contributed by atoms with E-state index in [4.69, 9.17) is 9.47 Å². The fraction of sp³-hybridized carbons (Fsp3) is 0.300. The third kappa shape index (κ3) is 5.81. The van der Waals surface area contributed by atoms with Crippen molar-refractivity contribution in [1.82, 2.24) is 0 Å². The first-order chi connectivity index (χ1) is 12.7. The van der Waals surface area contributed by atoms with Crippen molar-refractivity contribution in [3.63, 3.8) is 0 Å². The smallest absolute Gasteiger partial charge is 0.324 e. The van der Waals surface area contributed by atoms with Crippen LogP contribution in [0, 0.1) is 0 Å². The second-order valence-corrected chi connectivity index (χ2v) is 7.76. The van der Waals surface area contributed by atoms with Crippen molar-refractivity contribution in [2.75, 3.05) is 13.2 Å². The first-order valence-corrected chi connectivity index (χ1v) is 10.7. The summed E-state index contributed by atoms with van der Waals surface area (Å²) in [7, 11) is 2.64. The monoisotopic (exact) mass is 390 g/mol. The molecule has 4 nitrogen and oxygen atoms in total. The van der Waals surface area contributed by atoms with Crippen molar-refractivity contribution in [1.29, 1.82) is 0 Å². The van der Waals surface area contributed by atoms with Crippen molar-refractivity contribution in [3.8, 4) is 0 Å². The Morgan fingerprint density at radius 2 is 1.08 bits per heavy atom. The van der Waals surface area contributed by atoms with Gasteiger partial charge in [-0.15, -0.1) is 0 Å². The average molecular weight is 391 g/mol. The molecule has 0 aromatic heterocycles. The molecule has 0 amide bonds. The Bertz CT molecular complexity index is 630. The second-order valence-electron chi connectivity index (χ2n) is 5.28. The zero-order chi connectivity index (χ0) is 18.8. The molecule has 0 fully saturated rings. The minimum Gasteiger partial charge on any atom is -0.465 e. The summed E-state index contributed by atoms with van der Waals surface area (Å²) in [6.45, 7) is 4.19. The maximum atomic E-state index is 12.4. The molecular weight excluding hydrogens is 368 g/mol. The van der Waals surface area contributed by atoms with Crippen LogP contribution in [-0.4, -0.2) is 25.2 Å². The number of rotatable bonds is 9. The predicted molar refractivity (Wildman–Crippen MR) is 107 cm³/mol. The Morgan fingerprint density at radius 3 is 1.38 bits per heavy atom. The van der Waals surface area contributed by atoms with Crippen molar-refractivity contribution in [2.24, 2.45) is 0 Å². The van der Waals surface area contributed by atoms with Gasteiger partial charge in [0.2, 0.25) is 0 Å². The first kappa shape index (κ1) is 20.4. The van der Waals surface area contributed by atoms with Gasteiger partial charge < -0.3 is 9.47 Å². The summed E-state index contributed by atoms with van der Waals surface area (Å²) < 4.78 is 10.4. The topological polar surface area (TPSA) is 52.6 Å². The van der Waals surface area contributed by atoms with Crippen LogP contribution in [0.15, 0.2) is 60.7 Å². The summed E-state index contributed by atoms with van der Waals surface area (Å²) in [5, 5.41) is -1.02. The van der Waals surface area contributed by atoms with Crippen LogP contribution in [0.25, 0.3) is 0 Å². The van der Waals surface area contributed by atoms with Crippen molar-refractivity contribution in [3.05, 3.63) is 71.8 Å². The van der Waals surface area contributed by atoms with Gasteiger partial charge in [-0.25, -0.2) is 0 Å². The normalized spacial score (nSPS) is 12.8. The Labute approximate surface area is 162 Å². The van der Waals surface area contributed by atoms with Gasteiger partial charge >= 0.3 is 11.9 Å².